The molecule has 22 heavy (non-hydrogen) atoms. The van der Waals surface area contributed by atoms with E-state index in [1.165, 1.54) is 0 Å². The summed E-state index contributed by atoms with van der Waals surface area (Å²) in [4.78, 5) is 14.8. The number of amides is 1. The standard InChI is InChI=1S/C15H18N4O2.ClH/c1-21-11-4-5-12-13(6-11)17-18-14(12)15(20)19-8-9-2-3-10(19)7-16-9;/h4-6,9-10,16H,2-3,7-8H2,1H3,(H,17,18);1H. The normalized spacial score (nSPS) is 23.4. The van der Waals surface area contributed by atoms with Crippen molar-refractivity contribution >= 4 is 29.2 Å². The number of nitrogens with one attached hydrogen (secondary N) is 2. The third-order valence-corrected chi connectivity index (χ3v) is 4.58. The summed E-state index contributed by atoms with van der Waals surface area (Å²) in [5.74, 6) is 0.786. The Morgan fingerprint density at radius 2 is 2.27 bits per heavy atom. The largest absolute Gasteiger partial charge is 0.497 e. The van der Waals surface area contributed by atoms with E-state index < -0.39 is 0 Å². The second-order valence-electron chi connectivity index (χ2n) is 5.78. The molecule has 0 saturated carbocycles. The van der Waals surface area contributed by atoms with Crippen LogP contribution in [0.25, 0.3) is 10.9 Å². The number of rotatable bonds is 2. The summed E-state index contributed by atoms with van der Waals surface area (Å²) in [5.41, 5.74) is 1.35. The fourth-order valence-corrected chi connectivity index (χ4v) is 3.38. The minimum Gasteiger partial charge on any atom is -0.497 e. The van der Waals surface area contributed by atoms with E-state index in [1.807, 2.05) is 23.1 Å². The van der Waals surface area contributed by atoms with Crippen LogP contribution in [0.2, 0.25) is 0 Å². The fourth-order valence-electron chi connectivity index (χ4n) is 3.38. The maximum Gasteiger partial charge on any atom is 0.275 e. The number of hydrogen-bond donors (Lipinski definition) is 2. The summed E-state index contributed by atoms with van der Waals surface area (Å²) in [5, 5.41) is 11.5. The van der Waals surface area contributed by atoms with E-state index in [0.717, 1.165) is 42.6 Å². The van der Waals surface area contributed by atoms with Crippen LogP contribution in [0.1, 0.15) is 23.3 Å². The molecule has 2 N–H and O–H groups in total. The highest BCUT2D eigenvalue weighted by Crippen LogP contribution is 2.27. The lowest BCUT2D eigenvalue weighted by Crippen LogP contribution is -2.62. The number of aromatic nitrogens is 2. The zero-order valence-corrected chi connectivity index (χ0v) is 13.2. The SMILES string of the molecule is COc1ccc2c(C(=O)N3CC4CCC3CN4)n[nH]c2c1.Cl. The van der Waals surface area contributed by atoms with Gasteiger partial charge in [0.15, 0.2) is 5.69 Å². The van der Waals surface area contributed by atoms with Crippen LogP contribution in [-0.2, 0) is 0 Å². The monoisotopic (exact) mass is 322 g/mol. The van der Waals surface area contributed by atoms with Gasteiger partial charge < -0.3 is 15.0 Å². The van der Waals surface area contributed by atoms with Crippen LogP contribution in [0.4, 0.5) is 0 Å². The van der Waals surface area contributed by atoms with E-state index in [0.29, 0.717) is 17.8 Å². The first-order valence-electron chi connectivity index (χ1n) is 7.32. The molecule has 118 valence electrons. The maximum atomic E-state index is 12.8. The highest BCUT2D eigenvalue weighted by Gasteiger charge is 2.37. The van der Waals surface area contributed by atoms with Crippen LogP contribution in [0, 0.1) is 0 Å². The molecule has 2 unspecified atom stereocenters. The van der Waals surface area contributed by atoms with Gasteiger partial charge in [-0.25, -0.2) is 0 Å². The van der Waals surface area contributed by atoms with Crippen molar-refractivity contribution in [1.82, 2.24) is 20.4 Å². The lowest BCUT2D eigenvalue weighted by atomic mass is 9.92. The fraction of sp³-hybridized carbons (Fsp3) is 0.467. The number of methoxy groups -OCH3 is 1. The first kappa shape index (κ1) is 15.1. The van der Waals surface area contributed by atoms with Crippen LogP contribution < -0.4 is 10.1 Å². The number of benzene rings is 1. The number of carbonyl (C=O) groups excluding carboxylic acids is 1. The molecule has 3 aliphatic rings. The highest BCUT2D eigenvalue weighted by atomic mass is 35.5. The number of nitrogens with zero attached hydrogens (tertiary/aromatic N) is 2. The second-order valence-corrected chi connectivity index (χ2v) is 5.78. The van der Waals surface area contributed by atoms with E-state index in [2.05, 4.69) is 15.5 Å². The molecule has 0 spiro atoms. The first-order valence-corrected chi connectivity index (χ1v) is 7.32. The zero-order valence-electron chi connectivity index (χ0n) is 12.3. The Morgan fingerprint density at radius 1 is 1.41 bits per heavy atom. The van der Waals surface area contributed by atoms with Gasteiger partial charge in [-0.05, 0) is 25.0 Å². The van der Waals surface area contributed by atoms with Gasteiger partial charge in [-0.15, -0.1) is 12.4 Å². The number of H-pyrrole nitrogens is 1. The van der Waals surface area contributed by atoms with Gasteiger partial charge in [0, 0.05) is 36.6 Å². The molecule has 0 aliphatic carbocycles. The van der Waals surface area contributed by atoms with Crippen molar-refractivity contribution in [3.63, 3.8) is 0 Å². The summed E-state index contributed by atoms with van der Waals surface area (Å²) in [6.07, 6.45) is 2.24. The van der Waals surface area contributed by atoms with Gasteiger partial charge in [0.2, 0.25) is 0 Å². The van der Waals surface area contributed by atoms with E-state index in [-0.39, 0.29) is 18.3 Å². The number of fused-ring (bicyclic) bond motifs is 4. The van der Waals surface area contributed by atoms with Gasteiger partial charge >= 0.3 is 0 Å². The molecule has 3 aliphatic heterocycles. The van der Waals surface area contributed by atoms with Crippen molar-refractivity contribution in [3.05, 3.63) is 23.9 Å². The lowest BCUT2D eigenvalue weighted by molar-refractivity contribution is 0.0437. The second kappa shape index (κ2) is 5.78. The summed E-state index contributed by atoms with van der Waals surface area (Å²) in [6.45, 7) is 1.68. The van der Waals surface area contributed by atoms with Crippen molar-refractivity contribution in [2.24, 2.45) is 0 Å². The molecule has 3 saturated heterocycles. The van der Waals surface area contributed by atoms with Crippen molar-refractivity contribution in [3.8, 4) is 5.75 Å². The van der Waals surface area contributed by atoms with Gasteiger partial charge in [-0.3, -0.25) is 9.89 Å². The highest BCUT2D eigenvalue weighted by molar-refractivity contribution is 6.05. The minimum absolute atomic E-state index is 0. The molecule has 1 aromatic heterocycles. The third kappa shape index (κ3) is 2.32. The minimum atomic E-state index is 0. The molecule has 2 bridgehead atoms. The van der Waals surface area contributed by atoms with Gasteiger partial charge in [-0.1, -0.05) is 0 Å². The van der Waals surface area contributed by atoms with Crippen LogP contribution in [0.5, 0.6) is 5.75 Å². The molecular formula is C15H19ClN4O2. The van der Waals surface area contributed by atoms with Gasteiger partial charge in [0.25, 0.3) is 5.91 Å². The Bertz CT molecular complexity index is 694. The Morgan fingerprint density at radius 3 is 2.91 bits per heavy atom. The smallest absolute Gasteiger partial charge is 0.275 e. The van der Waals surface area contributed by atoms with Crippen LogP contribution in [0.15, 0.2) is 18.2 Å². The number of carbonyl (C=O) groups is 1. The molecule has 4 heterocycles. The average Bonchev–Trinajstić information content (AvgIpc) is 2.98. The predicted octanol–water partition coefficient (Wildman–Crippen LogP) is 1.57. The number of halogens is 1. The Labute approximate surface area is 134 Å². The maximum absolute atomic E-state index is 12.8. The third-order valence-electron chi connectivity index (χ3n) is 4.58. The number of hydrogen-bond acceptors (Lipinski definition) is 4. The summed E-state index contributed by atoms with van der Waals surface area (Å²) in [7, 11) is 1.63. The molecule has 2 atom stereocenters. The van der Waals surface area contributed by atoms with E-state index in [4.69, 9.17) is 4.74 Å². The Kier molecular flexibility index (Phi) is 3.97. The van der Waals surface area contributed by atoms with Gasteiger partial charge in [0.1, 0.15) is 5.75 Å². The molecule has 7 heteroatoms. The molecular weight excluding hydrogens is 304 g/mol. The van der Waals surface area contributed by atoms with E-state index >= 15 is 0 Å². The Hall–Kier alpha value is -1.79. The first-order chi connectivity index (χ1) is 10.3. The van der Waals surface area contributed by atoms with Crippen LogP contribution >= 0.6 is 12.4 Å². The van der Waals surface area contributed by atoms with Gasteiger partial charge in [-0.2, -0.15) is 5.10 Å². The van der Waals surface area contributed by atoms with Crippen molar-refractivity contribution in [2.75, 3.05) is 20.2 Å². The summed E-state index contributed by atoms with van der Waals surface area (Å²) >= 11 is 0. The number of piperazine rings is 1. The molecule has 6 nitrogen and oxygen atoms in total. The lowest BCUT2D eigenvalue weighted by Gasteiger charge is -2.45. The zero-order chi connectivity index (χ0) is 14.4. The summed E-state index contributed by atoms with van der Waals surface area (Å²) in [6, 6.07) is 6.35. The summed E-state index contributed by atoms with van der Waals surface area (Å²) < 4.78 is 5.20. The quantitative estimate of drug-likeness (QED) is 0.880. The molecule has 1 amide bonds. The molecule has 1 aromatic carbocycles. The van der Waals surface area contributed by atoms with Crippen molar-refractivity contribution in [1.29, 1.82) is 0 Å². The number of ether oxygens (including phenoxy) is 1. The predicted molar refractivity (Wildman–Crippen MR) is 85.7 cm³/mol. The number of aromatic amines is 1. The molecule has 3 fully saturated rings. The van der Waals surface area contributed by atoms with Crippen molar-refractivity contribution < 1.29 is 9.53 Å². The Balaban J connectivity index is 0.00000144. The number of piperidine rings is 2. The molecule has 0 radical (unpaired) electrons. The average molecular weight is 323 g/mol. The van der Waals surface area contributed by atoms with E-state index in [9.17, 15) is 4.79 Å². The van der Waals surface area contributed by atoms with Crippen molar-refractivity contribution in [2.45, 2.75) is 24.9 Å². The van der Waals surface area contributed by atoms with Gasteiger partial charge in [0.05, 0.1) is 12.6 Å². The van der Waals surface area contributed by atoms with Crippen LogP contribution in [0.3, 0.4) is 0 Å². The topological polar surface area (TPSA) is 70.2 Å². The van der Waals surface area contributed by atoms with Crippen LogP contribution in [-0.4, -0.2) is 53.3 Å². The molecule has 5 rings (SSSR count). The molecule has 2 aromatic rings. The van der Waals surface area contributed by atoms with E-state index in [1.54, 1.807) is 7.11 Å².